The Labute approximate surface area is 146 Å². The lowest BCUT2D eigenvalue weighted by Crippen LogP contribution is -2.24. The first-order chi connectivity index (χ1) is 11.8. The van der Waals surface area contributed by atoms with E-state index in [1.807, 2.05) is 0 Å². The van der Waals surface area contributed by atoms with E-state index in [9.17, 15) is 23.7 Å². The summed E-state index contributed by atoms with van der Waals surface area (Å²) in [6.07, 6.45) is -1.04. The maximum absolute atomic E-state index is 12.3. The predicted molar refractivity (Wildman–Crippen MR) is 85.6 cm³/mol. The standard InChI is InChI=1S/C16H12ClF2NO5/c1-9(24-14-7-4-11(17)8-13(14)20(22)23)15(21)10-2-5-12(6-3-10)25-16(18)19/h2-9,16H,1H3/t9-/m1/s1. The lowest BCUT2D eigenvalue weighted by atomic mass is 10.1. The number of rotatable bonds is 7. The number of alkyl halides is 2. The molecule has 0 spiro atoms. The van der Waals surface area contributed by atoms with Crippen molar-refractivity contribution in [1.29, 1.82) is 0 Å². The number of ether oxygens (including phenoxy) is 2. The van der Waals surface area contributed by atoms with Crippen LogP contribution in [0.25, 0.3) is 0 Å². The molecule has 0 aromatic heterocycles. The number of halogens is 3. The van der Waals surface area contributed by atoms with Crippen molar-refractivity contribution in [3.8, 4) is 11.5 Å². The van der Waals surface area contributed by atoms with E-state index in [0.29, 0.717) is 0 Å². The molecular formula is C16H12ClF2NO5. The van der Waals surface area contributed by atoms with Crippen molar-refractivity contribution >= 4 is 23.1 Å². The third kappa shape index (κ3) is 4.87. The van der Waals surface area contributed by atoms with Crippen LogP contribution in [0.15, 0.2) is 42.5 Å². The molecule has 25 heavy (non-hydrogen) atoms. The Morgan fingerprint density at radius 2 is 1.80 bits per heavy atom. The van der Waals surface area contributed by atoms with E-state index in [-0.39, 0.29) is 27.8 Å². The minimum Gasteiger partial charge on any atom is -0.475 e. The number of Topliss-reactive ketones (excluding diaryl/α,β-unsaturated/α-hetero) is 1. The van der Waals surface area contributed by atoms with Gasteiger partial charge in [0, 0.05) is 16.7 Å². The van der Waals surface area contributed by atoms with Gasteiger partial charge >= 0.3 is 12.3 Å². The third-order valence-corrected chi connectivity index (χ3v) is 3.39. The van der Waals surface area contributed by atoms with Crippen LogP contribution in [-0.4, -0.2) is 23.4 Å². The van der Waals surface area contributed by atoms with Gasteiger partial charge in [-0.25, -0.2) is 0 Å². The molecule has 1 atom stereocenters. The molecule has 0 saturated heterocycles. The predicted octanol–water partition coefficient (Wildman–Crippen LogP) is 4.50. The molecule has 132 valence electrons. The van der Waals surface area contributed by atoms with Crippen molar-refractivity contribution < 1.29 is 28.0 Å². The maximum atomic E-state index is 12.3. The van der Waals surface area contributed by atoms with Crippen LogP contribution in [0.4, 0.5) is 14.5 Å². The van der Waals surface area contributed by atoms with Gasteiger partial charge in [0.15, 0.2) is 11.9 Å². The Morgan fingerprint density at radius 1 is 1.16 bits per heavy atom. The smallest absolute Gasteiger partial charge is 0.387 e. The number of carbonyl (C=O) groups excluding carboxylic acids is 1. The average Bonchev–Trinajstić information content (AvgIpc) is 2.55. The van der Waals surface area contributed by atoms with Gasteiger partial charge in [-0.3, -0.25) is 14.9 Å². The van der Waals surface area contributed by atoms with Crippen molar-refractivity contribution in [3.63, 3.8) is 0 Å². The van der Waals surface area contributed by atoms with Crippen LogP contribution >= 0.6 is 11.6 Å². The monoisotopic (exact) mass is 371 g/mol. The first kappa shape index (κ1) is 18.6. The second-order valence-corrected chi connectivity index (χ2v) is 5.33. The Kier molecular flexibility index (Phi) is 5.87. The molecule has 0 heterocycles. The molecule has 2 aromatic carbocycles. The van der Waals surface area contributed by atoms with Crippen molar-refractivity contribution in [2.45, 2.75) is 19.6 Å². The number of nitrogens with zero attached hydrogens (tertiary/aromatic N) is 1. The summed E-state index contributed by atoms with van der Waals surface area (Å²) in [5.74, 6) is -0.672. The van der Waals surface area contributed by atoms with E-state index in [4.69, 9.17) is 16.3 Å². The van der Waals surface area contributed by atoms with Crippen molar-refractivity contribution in [1.82, 2.24) is 0 Å². The molecule has 6 nitrogen and oxygen atoms in total. The van der Waals surface area contributed by atoms with E-state index >= 15 is 0 Å². The molecule has 0 aliphatic carbocycles. The van der Waals surface area contributed by atoms with E-state index in [1.54, 1.807) is 0 Å². The summed E-state index contributed by atoms with van der Waals surface area (Å²) < 4.78 is 33.8. The molecule has 0 amide bonds. The molecule has 2 rings (SSSR count). The minimum absolute atomic E-state index is 0.0894. The maximum Gasteiger partial charge on any atom is 0.387 e. The topological polar surface area (TPSA) is 78.7 Å². The summed E-state index contributed by atoms with van der Waals surface area (Å²) in [4.78, 5) is 22.7. The Morgan fingerprint density at radius 3 is 2.36 bits per heavy atom. The van der Waals surface area contributed by atoms with E-state index in [0.717, 1.165) is 6.07 Å². The highest BCUT2D eigenvalue weighted by Crippen LogP contribution is 2.31. The van der Waals surface area contributed by atoms with Gasteiger partial charge in [0.05, 0.1) is 4.92 Å². The Balaban J connectivity index is 2.14. The largest absolute Gasteiger partial charge is 0.475 e. The van der Waals surface area contributed by atoms with Gasteiger partial charge in [0.2, 0.25) is 5.78 Å². The van der Waals surface area contributed by atoms with Crippen LogP contribution in [0.1, 0.15) is 17.3 Å². The number of benzene rings is 2. The first-order valence-electron chi connectivity index (χ1n) is 6.97. The molecule has 0 N–H and O–H groups in total. The normalized spacial score (nSPS) is 11.9. The van der Waals surface area contributed by atoms with Gasteiger partial charge < -0.3 is 9.47 Å². The molecule has 0 saturated carbocycles. The third-order valence-electron chi connectivity index (χ3n) is 3.15. The van der Waals surface area contributed by atoms with Gasteiger partial charge in [0.1, 0.15) is 5.75 Å². The fourth-order valence-corrected chi connectivity index (χ4v) is 2.18. The molecule has 0 bridgehead atoms. The number of hydrogen-bond acceptors (Lipinski definition) is 5. The molecule has 0 unspecified atom stereocenters. The number of nitro groups is 1. The number of carbonyl (C=O) groups is 1. The lowest BCUT2D eigenvalue weighted by molar-refractivity contribution is -0.386. The quantitative estimate of drug-likeness (QED) is 0.407. The second kappa shape index (κ2) is 7.89. The van der Waals surface area contributed by atoms with Crippen LogP contribution in [0.3, 0.4) is 0 Å². The van der Waals surface area contributed by atoms with Crippen LogP contribution in [-0.2, 0) is 0 Å². The Hall–Kier alpha value is -2.74. The van der Waals surface area contributed by atoms with E-state index in [2.05, 4.69) is 4.74 Å². The van der Waals surface area contributed by atoms with Crippen LogP contribution in [0, 0.1) is 10.1 Å². The van der Waals surface area contributed by atoms with Gasteiger partial charge in [-0.2, -0.15) is 8.78 Å². The summed E-state index contributed by atoms with van der Waals surface area (Å²) in [6.45, 7) is -1.54. The molecular weight excluding hydrogens is 360 g/mol. The summed E-state index contributed by atoms with van der Waals surface area (Å²) in [5.41, 5.74) is -0.182. The lowest BCUT2D eigenvalue weighted by Gasteiger charge is -2.14. The van der Waals surface area contributed by atoms with Gasteiger partial charge in [-0.1, -0.05) is 11.6 Å². The Bertz CT molecular complexity index is 783. The zero-order chi connectivity index (χ0) is 18.6. The molecule has 0 aliphatic rings. The minimum atomic E-state index is -2.96. The van der Waals surface area contributed by atoms with Crippen LogP contribution < -0.4 is 9.47 Å². The van der Waals surface area contributed by atoms with Crippen molar-refractivity contribution in [3.05, 3.63) is 63.2 Å². The highest BCUT2D eigenvalue weighted by Gasteiger charge is 2.22. The second-order valence-electron chi connectivity index (χ2n) is 4.90. The summed E-state index contributed by atoms with van der Waals surface area (Å²) >= 11 is 5.71. The van der Waals surface area contributed by atoms with Gasteiger partial charge in [-0.15, -0.1) is 0 Å². The number of ketones is 1. The molecule has 9 heteroatoms. The zero-order valence-electron chi connectivity index (χ0n) is 12.8. The summed E-state index contributed by atoms with van der Waals surface area (Å²) in [7, 11) is 0. The van der Waals surface area contributed by atoms with Crippen LogP contribution in [0.5, 0.6) is 11.5 Å². The molecule has 0 aliphatic heterocycles. The number of hydrogen-bond donors (Lipinski definition) is 0. The fourth-order valence-electron chi connectivity index (χ4n) is 2.01. The molecule has 2 aromatic rings. The number of nitro benzene ring substituents is 1. The van der Waals surface area contributed by atoms with Crippen LogP contribution in [0.2, 0.25) is 5.02 Å². The summed E-state index contributed by atoms with van der Waals surface area (Å²) in [5, 5.41) is 11.2. The SMILES string of the molecule is C[C@@H](Oc1ccc(Cl)cc1[N+](=O)[O-])C(=O)c1ccc(OC(F)F)cc1. The fraction of sp³-hybridized carbons (Fsp3) is 0.188. The van der Waals surface area contributed by atoms with Crippen molar-refractivity contribution in [2.75, 3.05) is 0 Å². The summed E-state index contributed by atoms with van der Waals surface area (Å²) in [6, 6.07) is 8.85. The van der Waals surface area contributed by atoms with Gasteiger partial charge in [-0.05, 0) is 43.3 Å². The molecule has 0 fully saturated rings. The highest BCUT2D eigenvalue weighted by atomic mass is 35.5. The van der Waals surface area contributed by atoms with Gasteiger partial charge in [0.25, 0.3) is 0 Å². The molecule has 0 radical (unpaired) electrons. The first-order valence-corrected chi connectivity index (χ1v) is 7.35. The zero-order valence-corrected chi connectivity index (χ0v) is 13.6. The van der Waals surface area contributed by atoms with Crippen molar-refractivity contribution in [2.24, 2.45) is 0 Å². The average molecular weight is 372 g/mol. The van der Waals surface area contributed by atoms with E-state index < -0.39 is 23.4 Å². The highest BCUT2D eigenvalue weighted by molar-refractivity contribution is 6.30. The van der Waals surface area contributed by atoms with E-state index in [1.165, 1.54) is 43.3 Å².